The first-order valence-electron chi connectivity index (χ1n) is 20.6. The first-order valence-corrected chi connectivity index (χ1v) is 20.6. The second kappa shape index (κ2) is 15.8. The third-order valence-electron chi connectivity index (χ3n) is 12.8. The molecule has 2 aliphatic rings. The van der Waals surface area contributed by atoms with Gasteiger partial charge >= 0.3 is 0 Å². The average molecular weight is 741 g/mol. The molecular formula is C53H48N4. The molecule has 2 saturated carbocycles. The average Bonchev–Trinajstić information content (AvgIpc) is 3.26. The summed E-state index contributed by atoms with van der Waals surface area (Å²) >= 11 is 0. The molecule has 0 amide bonds. The van der Waals surface area contributed by atoms with Crippen LogP contribution in [-0.4, -0.2) is 15.0 Å². The standard InChI is InChI=1S/C53H48N4/c1-36-30-38(18-26-48(36)42-19-16-39(35-54)17-20-42)28-29-53(33-40-10-9-11-41(32-40)34-53)47-25-27-49(37(2)31-47)43-21-23-46(24-22-43)52-56-50(44-12-5-3-6-13-44)55-51(57-52)45-14-7-4-8-15-45/h3-8,12-27,30-31,40-41H,9-11,28-29,32-34H2,1-2H3. The van der Waals surface area contributed by atoms with Crippen molar-refractivity contribution in [3.05, 3.63) is 173 Å². The van der Waals surface area contributed by atoms with Crippen molar-refractivity contribution in [3.8, 4) is 62.5 Å². The van der Waals surface area contributed by atoms with E-state index in [1.165, 1.54) is 89.5 Å². The van der Waals surface area contributed by atoms with Crippen LogP contribution in [0, 0.1) is 37.0 Å². The minimum atomic E-state index is 0.187. The van der Waals surface area contributed by atoms with Crippen LogP contribution in [0.25, 0.3) is 56.4 Å². The number of hydrogen-bond donors (Lipinski definition) is 0. The van der Waals surface area contributed by atoms with Crippen molar-refractivity contribution in [3.63, 3.8) is 0 Å². The van der Waals surface area contributed by atoms with Crippen LogP contribution in [0.2, 0.25) is 0 Å². The lowest BCUT2D eigenvalue weighted by atomic mass is 9.56. The van der Waals surface area contributed by atoms with Gasteiger partial charge in [0.1, 0.15) is 0 Å². The summed E-state index contributed by atoms with van der Waals surface area (Å²) in [6, 6.07) is 53.6. The fourth-order valence-corrected chi connectivity index (χ4v) is 9.91. The molecule has 0 aliphatic heterocycles. The van der Waals surface area contributed by atoms with Gasteiger partial charge < -0.3 is 0 Å². The number of aromatic nitrogens is 3. The molecule has 4 nitrogen and oxygen atoms in total. The lowest BCUT2D eigenvalue weighted by Crippen LogP contribution is -2.39. The van der Waals surface area contributed by atoms with Crippen LogP contribution in [0.15, 0.2) is 146 Å². The molecule has 9 rings (SSSR count). The first kappa shape index (κ1) is 36.5. The summed E-state index contributed by atoms with van der Waals surface area (Å²) in [6.07, 6.45) is 10.4. The van der Waals surface area contributed by atoms with Crippen molar-refractivity contribution < 1.29 is 0 Å². The predicted molar refractivity (Wildman–Crippen MR) is 232 cm³/mol. The van der Waals surface area contributed by atoms with E-state index in [2.05, 4.69) is 92.7 Å². The quantitative estimate of drug-likeness (QED) is 0.148. The number of fused-ring (bicyclic) bond motifs is 2. The molecule has 2 atom stereocenters. The second-order valence-corrected chi connectivity index (χ2v) is 16.6. The lowest BCUT2D eigenvalue weighted by molar-refractivity contribution is 0.103. The Morgan fingerprint density at radius 1 is 0.561 bits per heavy atom. The van der Waals surface area contributed by atoms with Crippen molar-refractivity contribution in [1.29, 1.82) is 5.26 Å². The van der Waals surface area contributed by atoms with Gasteiger partial charge in [-0.2, -0.15) is 5.26 Å². The molecule has 1 aromatic heterocycles. The predicted octanol–water partition coefficient (Wildman–Crippen LogP) is 13.2. The van der Waals surface area contributed by atoms with Crippen LogP contribution in [0.3, 0.4) is 0 Å². The molecule has 7 aromatic rings. The van der Waals surface area contributed by atoms with Crippen molar-refractivity contribution in [2.24, 2.45) is 11.8 Å². The van der Waals surface area contributed by atoms with Crippen LogP contribution in [0.1, 0.15) is 72.8 Å². The van der Waals surface area contributed by atoms with Gasteiger partial charge in [0.25, 0.3) is 0 Å². The van der Waals surface area contributed by atoms with Crippen LogP contribution >= 0.6 is 0 Å². The Balaban J connectivity index is 0.990. The zero-order chi connectivity index (χ0) is 38.8. The van der Waals surface area contributed by atoms with E-state index < -0.39 is 0 Å². The minimum Gasteiger partial charge on any atom is -0.208 e. The molecule has 2 aliphatic carbocycles. The Bertz CT molecular complexity index is 2480. The van der Waals surface area contributed by atoms with E-state index in [-0.39, 0.29) is 5.41 Å². The number of aryl methyl sites for hydroxylation is 3. The molecule has 0 saturated heterocycles. The van der Waals surface area contributed by atoms with Gasteiger partial charge in [-0.25, -0.2) is 15.0 Å². The van der Waals surface area contributed by atoms with Gasteiger partial charge in [-0.05, 0) is 120 Å². The molecule has 0 N–H and O–H groups in total. The third kappa shape index (κ3) is 7.68. The maximum Gasteiger partial charge on any atom is 0.164 e. The third-order valence-corrected chi connectivity index (χ3v) is 12.8. The highest BCUT2D eigenvalue weighted by molar-refractivity contribution is 5.73. The van der Waals surface area contributed by atoms with E-state index >= 15 is 0 Å². The molecule has 2 fully saturated rings. The molecular weight excluding hydrogens is 693 g/mol. The van der Waals surface area contributed by atoms with Gasteiger partial charge in [0.05, 0.1) is 11.6 Å². The zero-order valence-electron chi connectivity index (χ0n) is 33.0. The highest BCUT2D eigenvalue weighted by Crippen LogP contribution is 2.52. The van der Waals surface area contributed by atoms with Gasteiger partial charge in [0, 0.05) is 16.7 Å². The van der Waals surface area contributed by atoms with E-state index in [9.17, 15) is 5.26 Å². The van der Waals surface area contributed by atoms with Crippen molar-refractivity contribution in [2.45, 2.75) is 70.6 Å². The molecule has 1 heterocycles. The Labute approximate surface area is 337 Å². The summed E-state index contributed by atoms with van der Waals surface area (Å²) in [7, 11) is 0. The monoisotopic (exact) mass is 740 g/mol. The summed E-state index contributed by atoms with van der Waals surface area (Å²) < 4.78 is 0. The SMILES string of the molecule is Cc1cc(CCC2(c3ccc(-c4ccc(-c5nc(-c6ccccc6)nc(-c6ccccc6)n5)cc4)c(C)c3)CC3CCCC(C3)C2)ccc1-c1ccc(C#N)cc1. The molecule has 4 heteroatoms. The van der Waals surface area contributed by atoms with Crippen LogP contribution in [-0.2, 0) is 11.8 Å². The molecule has 280 valence electrons. The smallest absolute Gasteiger partial charge is 0.164 e. The largest absolute Gasteiger partial charge is 0.208 e. The Morgan fingerprint density at radius 3 is 1.58 bits per heavy atom. The number of nitrogens with zero attached hydrogens (tertiary/aromatic N) is 4. The first-order chi connectivity index (χ1) is 27.9. The van der Waals surface area contributed by atoms with E-state index in [1.54, 1.807) is 0 Å². The van der Waals surface area contributed by atoms with E-state index in [0.717, 1.165) is 34.9 Å². The molecule has 57 heavy (non-hydrogen) atoms. The highest BCUT2D eigenvalue weighted by atomic mass is 15.0. The Morgan fingerprint density at radius 2 is 1.05 bits per heavy atom. The van der Waals surface area contributed by atoms with Crippen LogP contribution in [0.4, 0.5) is 0 Å². The normalized spacial score (nSPS) is 18.8. The summed E-state index contributed by atoms with van der Waals surface area (Å²) in [5, 5.41) is 9.25. The fourth-order valence-electron chi connectivity index (χ4n) is 9.91. The Hall–Kier alpha value is -6.18. The molecule has 6 aromatic carbocycles. The molecule has 0 radical (unpaired) electrons. The van der Waals surface area contributed by atoms with E-state index in [4.69, 9.17) is 15.0 Å². The van der Waals surface area contributed by atoms with Gasteiger partial charge in [0.15, 0.2) is 17.5 Å². The van der Waals surface area contributed by atoms with Crippen molar-refractivity contribution in [2.75, 3.05) is 0 Å². The number of nitriles is 1. The summed E-state index contributed by atoms with van der Waals surface area (Å²) in [5.74, 6) is 3.67. The van der Waals surface area contributed by atoms with Crippen molar-refractivity contribution in [1.82, 2.24) is 15.0 Å². The highest BCUT2D eigenvalue weighted by Gasteiger charge is 2.43. The summed E-state index contributed by atoms with van der Waals surface area (Å²) in [6.45, 7) is 4.51. The summed E-state index contributed by atoms with van der Waals surface area (Å²) in [5.41, 5.74) is 14.2. The number of hydrogen-bond acceptors (Lipinski definition) is 4. The van der Waals surface area contributed by atoms with E-state index in [0.29, 0.717) is 23.0 Å². The van der Waals surface area contributed by atoms with Crippen LogP contribution < -0.4 is 0 Å². The van der Waals surface area contributed by atoms with E-state index in [1.807, 2.05) is 72.8 Å². The maximum absolute atomic E-state index is 9.25. The van der Waals surface area contributed by atoms with Crippen LogP contribution in [0.5, 0.6) is 0 Å². The van der Waals surface area contributed by atoms with Gasteiger partial charge in [-0.15, -0.1) is 0 Å². The van der Waals surface area contributed by atoms with Gasteiger partial charge in [-0.1, -0.05) is 153 Å². The minimum absolute atomic E-state index is 0.187. The zero-order valence-corrected chi connectivity index (χ0v) is 33.0. The summed E-state index contributed by atoms with van der Waals surface area (Å²) in [4.78, 5) is 14.8. The topological polar surface area (TPSA) is 62.5 Å². The lowest BCUT2D eigenvalue weighted by Gasteiger charge is -2.48. The van der Waals surface area contributed by atoms with Gasteiger partial charge in [0.2, 0.25) is 0 Å². The molecule has 2 unspecified atom stereocenters. The number of benzene rings is 6. The van der Waals surface area contributed by atoms with Gasteiger partial charge in [-0.3, -0.25) is 0 Å². The maximum atomic E-state index is 9.25. The Kier molecular flexibility index (Phi) is 10.1. The number of rotatable bonds is 9. The second-order valence-electron chi connectivity index (χ2n) is 16.6. The molecule has 2 bridgehead atoms. The fraction of sp³-hybridized carbons (Fsp3) is 0.245. The van der Waals surface area contributed by atoms with Crippen molar-refractivity contribution >= 4 is 0 Å². The molecule has 0 spiro atoms.